The second-order valence-electron chi connectivity index (χ2n) is 7.05. The van der Waals surface area contributed by atoms with E-state index in [1.807, 2.05) is 42.2 Å². The lowest BCUT2D eigenvalue weighted by Crippen LogP contribution is -2.47. The zero-order valence-corrected chi connectivity index (χ0v) is 15.4. The summed E-state index contributed by atoms with van der Waals surface area (Å²) in [5, 5.41) is 14.5. The van der Waals surface area contributed by atoms with Crippen molar-refractivity contribution in [3.05, 3.63) is 53.0 Å². The van der Waals surface area contributed by atoms with Gasteiger partial charge < -0.3 is 15.4 Å². The maximum atomic E-state index is 11.8. The van der Waals surface area contributed by atoms with Crippen molar-refractivity contribution in [1.29, 1.82) is 5.26 Å². The highest BCUT2D eigenvalue weighted by atomic mass is 16.5. The van der Waals surface area contributed by atoms with Crippen molar-refractivity contribution in [1.82, 2.24) is 14.7 Å². The van der Waals surface area contributed by atoms with Gasteiger partial charge in [-0.15, -0.1) is 0 Å². The van der Waals surface area contributed by atoms with E-state index >= 15 is 0 Å². The molecule has 2 N–H and O–H groups in total. The van der Waals surface area contributed by atoms with Crippen LogP contribution in [0.15, 0.2) is 41.8 Å². The number of para-hydroxylation sites is 1. The molecule has 27 heavy (non-hydrogen) atoms. The van der Waals surface area contributed by atoms with Crippen molar-refractivity contribution in [2.24, 2.45) is 5.73 Å². The fraction of sp³-hybridized carbons (Fsp3) is 0.350. The molecule has 138 valence electrons. The van der Waals surface area contributed by atoms with Crippen molar-refractivity contribution in [2.75, 3.05) is 13.1 Å². The monoisotopic (exact) mass is 363 g/mol. The van der Waals surface area contributed by atoms with E-state index in [-0.39, 0.29) is 11.8 Å². The Kier molecular flexibility index (Phi) is 3.92. The molecule has 2 aromatic rings. The lowest BCUT2D eigenvalue weighted by atomic mass is 9.67. The molecule has 3 heterocycles. The molecule has 0 radical (unpaired) electrons. The molecule has 0 atom stereocenters. The molecule has 4 rings (SSSR count). The van der Waals surface area contributed by atoms with Gasteiger partial charge in [0.1, 0.15) is 11.6 Å². The van der Waals surface area contributed by atoms with Crippen LogP contribution in [0.2, 0.25) is 0 Å². The van der Waals surface area contributed by atoms with Gasteiger partial charge >= 0.3 is 0 Å². The van der Waals surface area contributed by atoms with Gasteiger partial charge in [-0.3, -0.25) is 4.79 Å². The molecule has 1 aromatic heterocycles. The van der Waals surface area contributed by atoms with Gasteiger partial charge in [0, 0.05) is 31.0 Å². The molecule has 1 saturated heterocycles. The first-order chi connectivity index (χ1) is 13.0. The molecule has 2 aliphatic heterocycles. The maximum Gasteiger partial charge on any atom is 0.228 e. The van der Waals surface area contributed by atoms with Crippen LogP contribution in [0.3, 0.4) is 0 Å². The number of hydrogen-bond donors (Lipinski definition) is 1. The van der Waals surface area contributed by atoms with E-state index in [1.54, 1.807) is 11.6 Å². The molecule has 1 fully saturated rings. The highest BCUT2D eigenvalue weighted by molar-refractivity contribution is 5.73. The predicted molar refractivity (Wildman–Crippen MR) is 98.9 cm³/mol. The summed E-state index contributed by atoms with van der Waals surface area (Å²) in [6.07, 6.45) is 1.24. The predicted octanol–water partition coefficient (Wildman–Crippen LogP) is 2.15. The Balaban J connectivity index is 1.88. The Morgan fingerprint density at radius 1 is 1.30 bits per heavy atom. The molecule has 0 aliphatic carbocycles. The molecule has 7 heteroatoms. The molecule has 1 spiro atoms. The summed E-state index contributed by atoms with van der Waals surface area (Å²) in [6.45, 7) is 4.64. The van der Waals surface area contributed by atoms with Crippen LogP contribution in [0.4, 0.5) is 0 Å². The van der Waals surface area contributed by atoms with Gasteiger partial charge in [0.25, 0.3) is 0 Å². The van der Waals surface area contributed by atoms with E-state index in [4.69, 9.17) is 10.5 Å². The fourth-order valence-electron chi connectivity index (χ4n) is 4.28. The molecule has 2 aliphatic rings. The number of piperidine rings is 1. The highest BCUT2D eigenvalue weighted by Gasteiger charge is 2.49. The van der Waals surface area contributed by atoms with Crippen LogP contribution in [0.1, 0.15) is 31.0 Å². The number of hydrogen-bond acceptors (Lipinski definition) is 5. The SMILES string of the molecule is CC(=O)N1CCC2(CC1)C(C#N)=C(N)Oc1c2c(C)nn1-c1ccccc1. The number of nitriles is 1. The largest absolute Gasteiger partial charge is 0.422 e. The summed E-state index contributed by atoms with van der Waals surface area (Å²) in [4.78, 5) is 13.6. The summed E-state index contributed by atoms with van der Waals surface area (Å²) < 4.78 is 7.64. The standard InChI is InChI=1S/C20H21N5O2/c1-13-17-19(25(23-13)15-6-4-3-5-7-15)27-18(22)16(12-21)20(17)8-10-24(11-9-20)14(2)26/h3-7H,8-11,22H2,1-2H3. The zero-order chi connectivity index (χ0) is 19.2. The topological polar surface area (TPSA) is 97.2 Å². The Labute approximate surface area is 157 Å². The van der Waals surface area contributed by atoms with Crippen LogP contribution in [-0.2, 0) is 10.2 Å². The van der Waals surface area contributed by atoms with Gasteiger partial charge in [0.15, 0.2) is 0 Å². The van der Waals surface area contributed by atoms with E-state index in [0.717, 1.165) is 16.9 Å². The Morgan fingerprint density at radius 3 is 2.56 bits per heavy atom. The average molecular weight is 363 g/mol. The molecule has 0 unspecified atom stereocenters. The number of rotatable bonds is 1. The van der Waals surface area contributed by atoms with Crippen molar-refractivity contribution >= 4 is 5.91 Å². The number of fused-ring (bicyclic) bond motifs is 2. The van der Waals surface area contributed by atoms with Crippen LogP contribution < -0.4 is 10.5 Å². The maximum absolute atomic E-state index is 11.8. The second-order valence-corrected chi connectivity index (χ2v) is 7.05. The van der Waals surface area contributed by atoms with E-state index in [1.165, 1.54) is 0 Å². The number of amides is 1. The number of aryl methyl sites for hydroxylation is 1. The summed E-state index contributed by atoms with van der Waals surface area (Å²) in [5.74, 6) is 0.731. The van der Waals surface area contributed by atoms with E-state index in [0.29, 0.717) is 37.4 Å². The summed E-state index contributed by atoms with van der Waals surface area (Å²) in [6, 6.07) is 12.0. The number of nitrogens with two attached hydrogens (primary N) is 1. The quantitative estimate of drug-likeness (QED) is 0.837. The number of allylic oxidation sites excluding steroid dienone is 1. The first-order valence-electron chi connectivity index (χ1n) is 8.97. The highest BCUT2D eigenvalue weighted by Crippen LogP contribution is 2.51. The van der Waals surface area contributed by atoms with Crippen LogP contribution in [-0.4, -0.2) is 33.7 Å². The molecular formula is C20H21N5O2. The third-order valence-corrected chi connectivity index (χ3v) is 5.60. The Bertz CT molecular complexity index is 976. The van der Waals surface area contributed by atoms with E-state index in [9.17, 15) is 10.1 Å². The lowest BCUT2D eigenvalue weighted by Gasteiger charge is -2.43. The number of carbonyl (C=O) groups excluding carboxylic acids is 1. The van der Waals surface area contributed by atoms with Crippen LogP contribution >= 0.6 is 0 Å². The number of benzene rings is 1. The number of carbonyl (C=O) groups is 1. The van der Waals surface area contributed by atoms with Gasteiger partial charge in [-0.25, -0.2) is 4.68 Å². The number of ether oxygens (including phenoxy) is 1. The molecular weight excluding hydrogens is 342 g/mol. The second kappa shape index (κ2) is 6.16. The summed E-state index contributed by atoms with van der Waals surface area (Å²) in [5.41, 5.74) is 8.62. The van der Waals surface area contributed by atoms with Crippen LogP contribution in [0.25, 0.3) is 5.69 Å². The third kappa shape index (κ3) is 2.48. The van der Waals surface area contributed by atoms with Crippen LogP contribution in [0, 0.1) is 18.3 Å². The molecule has 0 saturated carbocycles. The Morgan fingerprint density at radius 2 is 1.96 bits per heavy atom. The first-order valence-corrected chi connectivity index (χ1v) is 8.97. The molecule has 7 nitrogen and oxygen atoms in total. The Hall–Kier alpha value is -3.27. The normalized spacial score (nSPS) is 18.0. The minimum absolute atomic E-state index is 0.0456. The number of nitrogens with zero attached hydrogens (tertiary/aromatic N) is 4. The third-order valence-electron chi connectivity index (χ3n) is 5.60. The minimum atomic E-state index is -0.574. The van der Waals surface area contributed by atoms with Crippen molar-refractivity contribution in [3.8, 4) is 17.6 Å². The van der Waals surface area contributed by atoms with Gasteiger partial charge in [0.2, 0.25) is 17.7 Å². The van der Waals surface area contributed by atoms with Gasteiger partial charge in [-0.05, 0) is 31.9 Å². The minimum Gasteiger partial charge on any atom is -0.422 e. The van der Waals surface area contributed by atoms with Crippen molar-refractivity contribution in [3.63, 3.8) is 0 Å². The zero-order valence-electron chi connectivity index (χ0n) is 15.4. The fourth-order valence-corrected chi connectivity index (χ4v) is 4.28. The molecule has 0 bridgehead atoms. The van der Waals surface area contributed by atoms with E-state index in [2.05, 4.69) is 11.2 Å². The van der Waals surface area contributed by atoms with Crippen molar-refractivity contribution in [2.45, 2.75) is 32.1 Å². The molecule has 1 aromatic carbocycles. The number of aromatic nitrogens is 2. The lowest BCUT2D eigenvalue weighted by molar-refractivity contribution is -0.130. The van der Waals surface area contributed by atoms with Crippen LogP contribution in [0.5, 0.6) is 5.88 Å². The smallest absolute Gasteiger partial charge is 0.228 e. The summed E-state index contributed by atoms with van der Waals surface area (Å²) in [7, 11) is 0. The molecule has 1 amide bonds. The van der Waals surface area contributed by atoms with E-state index < -0.39 is 5.41 Å². The summed E-state index contributed by atoms with van der Waals surface area (Å²) >= 11 is 0. The van der Waals surface area contributed by atoms with Gasteiger partial charge in [-0.1, -0.05) is 18.2 Å². The van der Waals surface area contributed by atoms with Gasteiger partial charge in [-0.2, -0.15) is 10.4 Å². The van der Waals surface area contributed by atoms with Gasteiger partial charge in [0.05, 0.1) is 11.4 Å². The van der Waals surface area contributed by atoms with Crippen molar-refractivity contribution < 1.29 is 9.53 Å². The average Bonchev–Trinajstić information content (AvgIpc) is 3.00. The number of likely N-dealkylation sites (tertiary alicyclic amines) is 1. The first kappa shape index (κ1) is 17.2.